The normalized spacial score (nSPS) is 21.1. The molecule has 0 aromatic heterocycles. The molecule has 1 aliphatic carbocycles. The van der Waals surface area contributed by atoms with Crippen molar-refractivity contribution in [1.82, 2.24) is 5.32 Å². The number of hydrogen-bond donors (Lipinski definition) is 2. The number of amides is 1. The first kappa shape index (κ1) is 10.5. The molecule has 0 bridgehead atoms. The molecule has 0 aromatic carbocycles. The molecule has 1 fully saturated rings. The van der Waals surface area contributed by atoms with Gasteiger partial charge in [0, 0.05) is 18.5 Å². The molecule has 1 amide bonds. The van der Waals surface area contributed by atoms with Crippen LogP contribution in [0.15, 0.2) is 0 Å². The predicted molar refractivity (Wildman–Crippen MR) is 53.2 cm³/mol. The van der Waals surface area contributed by atoms with Crippen LogP contribution < -0.4 is 11.1 Å². The average Bonchev–Trinajstić information content (AvgIpc) is 2.19. The molecule has 0 radical (unpaired) electrons. The second-order valence-electron chi connectivity index (χ2n) is 3.98. The SMILES string of the molecule is CC(CN)NC(=O)C1CCCCC1. The van der Waals surface area contributed by atoms with Gasteiger partial charge in [-0.25, -0.2) is 0 Å². The van der Waals surface area contributed by atoms with Crippen LogP contribution >= 0.6 is 0 Å². The largest absolute Gasteiger partial charge is 0.352 e. The molecule has 3 heteroatoms. The van der Waals surface area contributed by atoms with Crippen LogP contribution in [0.3, 0.4) is 0 Å². The zero-order chi connectivity index (χ0) is 9.68. The van der Waals surface area contributed by atoms with Crippen molar-refractivity contribution < 1.29 is 4.79 Å². The molecule has 1 unspecified atom stereocenters. The molecule has 3 nitrogen and oxygen atoms in total. The number of nitrogens with one attached hydrogen (secondary N) is 1. The van der Waals surface area contributed by atoms with Crippen LogP contribution in [0, 0.1) is 5.92 Å². The van der Waals surface area contributed by atoms with Gasteiger partial charge < -0.3 is 11.1 Å². The number of rotatable bonds is 3. The van der Waals surface area contributed by atoms with E-state index in [2.05, 4.69) is 5.32 Å². The van der Waals surface area contributed by atoms with E-state index in [0.29, 0.717) is 6.54 Å². The Bertz CT molecular complexity index is 164. The Morgan fingerprint density at radius 3 is 2.62 bits per heavy atom. The zero-order valence-corrected chi connectivity index (χ0v) is 8.38. The standard InChI is InChI=1S/C10H20N2O/c1-8(7-11)12-10(13)9-5-3-2-4-6-9/h8-9H,2-7,11H2,1H3,(H,12,13). The van der Waals surface area contributed by atoms with E-state index >= 15 is 0 Å². The molecule has 76 valence electrons. The molecule has 3 N–H and O–H groups in total. The second-order valence-corrected chi connectivity index (χ2v) is 3.98. The summed E-state index contributed by atoms with van der Waals surface area (Å²) in [5, 5.41) is 2.94. The van der Waals surface area contributed by atoms with Crippen LogP contribution in [0.1, 0.15) is 39.0 Å². The highest BCUT2D eigenvalue weighted by molar-refractivity contribution is 5.78. The predicted octanol–water partition coefficient (Wildman–Crippen LogP) is 1.03. The Labute approximate surface area is 80.1 Å². The summed E-state index contributed by atoms with van der Waals surface area (Å²) in [6.45, 7) is 2.47. The first-order valence-corrected chi connectivity index (χ1v) is 5.24. The molecule has 0 aromatic rings. The van der Waals surface area contributed by atoms with Gasteiger partial charge in [0.2, 0.25) is 5.91 Å². The summed E-state index contributed by atoms with van der Waals surface area (Å²) < 4.78 is 0. The van der Waals surface area contributed by atoms with Gasteiger partial charge in [0.15, 0.2) is 0 Å². The van der Waals surface area contributed by atoms with E-state index < -0.39 is 0 Å². The fraction of sp³-hybridized carbons (Fsp3) is 0.900. The average molecular weight is 184 g/mol. The molecule has 0 saturated heterocycles. The fourth-order valence-electron chi connectivity index (χ4n) is 1.78. The Balaban J connectivity index is 2.29. The molecule has 1 rings (SSSR count). The summed E-state index contributed by atoms with van der Waals surface area (Å²) in [5.41, 5.74) is 5.44. The molecule has 0 spiro atoms. The van der Waals surface area contributed by atoms with Gasteiger partial charge in [-0.2, -0.15) is 0 Å². The summed E-state index contributed by atoms with van der Waals surface area (Å²) in [7, 11) is 0. The molecule has 0 heterocycles. The Kier molecular flexibility index (Phi) is 4.22. The molecule has 13 heavy (non-hydrogen) atoms. The van der Waals surface area contributed by atoms with Crippen molar-refractivity contribution in [3.05, 3.63) is 0 Å². The van der Waals surface area contributed by atoms with Crippen molar-refractivity contribution in [3.8, 4) is 0 Å². The van der Waals surface area contributed by atoms with Crippen LogP contribution in [0.2, 0.25) is 0 Å². The summed E-state index contributed by atoms with van der Waals surface area (Å²) >= 11 is 0. The van der Waals surface area contributed by atoms with Gasteiger partial charge in [-0.05, 0) is 19.8 Å². The second kappa shape index (κ2) is 5.22. The minimum atomic E-state index is 0.120. The molecule has 1 saturated carbocycles. The van der Waals surface area contributed by atoms with Crippen LogP contribution in [0.25, 0.3) is 0 Å². The molecular formula is C10H20N2O. The molecule has 1 atom stereocenters. The van der Waals surface area contributed by atoms with E-state index in [1.165, 1.54) is 19.3 Å². The Morgan fingerprint density at radius 2 is 2.08 bits per heavy atom. The van der Waals surface area contributed by atoms with Crippen molar-refractivity contribution in [2.24, 2.45) is 11.7 Å². The van der Waals surface area contributed by atoms with Gasteiger partial charge in [0.1, 0.15) is 0 Å². The van der Waals surface area contributed by atoms with Gasteiger partial charge in [-0.1, -0.05) is 19.3 Å². The zero-order valence-electron chi connectivity index (χ0n) is 8.38. The van der Waals surface area contributed by atoms with E-state index in [4.69, 9.17) is 5.73 Å². The maximum atomic E-state index is 11.6. The third-order valence-electron chi connectivity index (χ3n) is 2.72. The van der Waals surface area contributed by atoms with E-state index in [1.807, 2.05) is 6.92 Å². The van der Waals surface area contributed by atoms with Crippen molar-refractivity contribution in [2.75, 3.05) is 6.54 Å². The van der Waals surface area contributed by atoms with E-state index in [-0.39, 0.29) is 17.9 Å². The highest BCUT2D eigenvalue weighted by atomic mass is 16.1. The number of carbonyl (C=O) groups is 1. The van der Waals surface area contributed by atoms with Gasteiger partial charge in [0.05, 0.1) is 0 Å². The quantitative estimate of drug-likeness (QED) is 0.688. The van der Waals surface area contributed by atoms with Crippen LogP contribution in [0.5, 0.6) is 0 Å². The van der Waals surface area contributed by atoms with Crippen molar-refractivity contribution >= 4 is 5.91 Å². The van der Waals surface area contributed by atoms with E-state index in [9.17, 15) is 4.79 Å². The maximum Gasteiger partial charge on any atom is 0.223 e. The van der Waals surface area contributed by atoms with Crippen molar-refractivity contribution in [1.29, 1.82) is 0 Å². The van der Waals surface area contributed by atoms with Gasteiger partial charge in [-0.3, -0.25) is 4.79 Å². The monoisotopic (exact) mass is 184 g/mol. The third kappa shape index (κ3) is 3.35. The lowest BCUT2D eigenvalue weighted by atomic mass is 9.88. The van der Waals surface area contributed by atoms with Crippen molar-refractivity contribution in [2.45, 2.75) is 45.1 Å². The summed E-state index contributed by atoms with van der Waals surface area (Å²) in [6.07, 6.45) is 5.81. The smallest absolute Gasteiger partial charge is 0.223 e. The Morgan fingerprint density at radius 1 is 1.46 bits per heavy atom. The minimum absolute atomic E-state index is 0.120. The number of nitrogens with two attached hydrogens (primary N) is 1. The minimum Gasteiger partial charge on any atom is -0.352 e. The highest BCUT2D eigenvalue weighted by Gasteiger charge is 2.21. The lowest BCUT2D eigenvalue weighted by molar-refractivity contribution is -0.126. The summed E-state index contributed by atoms with van der Waals surface area (Å²) in [4.78, 5) is 11.6. The van der Waals surface area contributed by atoms with E-state index in [0.717, 1.165) is 12.8 Å². The van der Waals surface area contributed by atoms with E-state index in [1.54, 1.807) is 0 Å². The molecular weight excluding hydrogens is 164 g/mol. The fourth-order valence-corrected chi connectivity index (χ4v) is 1.78. The third-order valence-corrected chi connectivity index (χ3v) is 2.72. The topological polar surface area (TPSA) is 55.1 Å². The molecule has 0 aliphatic heterocycles. The van der Waals surface area contributed by atoms with Crippen LogP contribution in [0.4, 0.5) is 0 Å². The lowest BCUT2D eigenvalue weighted by Gasteiger charge is -2.22. The maximum absolute atomic E-state index is 11.6. The van der Waals surface area contributed by atoms with Gasteiger partial charge in [0.25, 0.3) is 0 Å². The van der Waals surface area contributed by atoms with Gasteiger partial charge in [-0.15, -0.1) is 0 Å². The molecule has 1 aliphatic rings. The first-order chi connectivity index (χ1) is 6.24. The van der Waals surface area contributed by atoms with Gasteiger partial charge >= 0.3 is 0 Å². The lowest BCUT2D eigenvalue weighted by Crippen LogP contribution is -2.41. The number of carbonyl (C=O) groups excluding carboxylic acids is 1. The van der Waals surface area contributed by atoms with Crippen molar-refractivity contribution in [3.63, 3.8) is 0 Å². The summed E-state index contributed by atoms with van der Waals surface area (Å²) in [6, 6.07) is 0.120. The highest BCUT2D eigenvalue weighted by Crippen LogP contribution is 2.23. The first-order valence-electron chi connectivity index (χ1n) is 5.24. The van der Waals surface area contributed by atoms with Crippen LogP contribution in [-0.2, 0) is 4.79 Å². The summed E-state index contributed by atoms with van der Waals surface area (Å²) in [5.74, 6) is 0.459. The Hall–Kier alpha value is -0.570. The van der Waals surface area contributed by atoms with Crippen LogP contribution in [-0.4, -0.2) is 18.5 Å². The number of hydrogen-bond acceptors (Lipinski definition) is 2.